The Bertz CT molecular complexity index is 959. The lowest BCUT2D eigenvalue weighted by atomic mass is 9.82. The molecule has 4 fully saturated rings. The van der Waals surface area contributed by atoms with Crippen LogP contribution >= 0.6 is 0 Å². The largest absolute Gasteiger partial charge is 1.00 e. The van der Waals surface area contributed by atoms with Gasteiger partial charge in [0.2, 0.25) is 0 Å². The zero-order valence-electron chi connectivity index (χ0n) is 21.6. The lowest BCUT2D eigenvalue weighted by molar-refractivity contribution is -0.946. The van der Waals surface area contributed by atoms with E-state index >= 15 is 0 Å². The summed E-state index contributed by atoms with van der Waals surface area (Å²) >= 11 is 0. The lowest BCUT2D eigenvalue weighted by Crippen LogP contribution is -3.00. The summed E-state index contributed by atoms with van der Waals surface area (Å²) in [6.45, 7) is 9.17. The van der Waals surface area contributed by atoms with Crippen molar-refractivity contribution in [1.82, 2.24) is 4.90 Å². The van der Waals surface area contributed by atoms with Gasteiger partial charge in [-0.05, 0) is 50.6 Å². The molecule has 4 saturated heterocycles. The molecule has 2 atom stereocenters. The van der Waals surface area contributed by atoms with Gasteiger partial charge in [-0.15, -0.1) is 0 Å². The van der Waals surface area contributed by atoms with Crippen LogP contribution in [-0.2, 0) is 15.1 Å². The molecule has 5 nitrogen and oxygen atoms in total. The van der Waals surface area contributed by atoms with E-state index in [9.17, 15) is 4.79 Å². The van der Waals surface area contributed by atoms with E-state index in [1.54, 1.807) is 0 Å². The molecule has 0 radical (unpaired) electrons. The van der Waals surface area contributed by atoms with Gasteiger partial charge >= 0.3 is 5.97 Å². The highest BCUT2D eigenvalue weighted by Gasteiger charge is 2.50. The maximum absolute atomic E-state index is 13.9. The molecule has 4 aliphatic heterocycles. The minimum Gasteiger partial charge on any atom is -1.00 e. The minimum absolute atomic E-state index is 0. The topological polar surface area (TPSA) is 38.8 Å². The van der Waals surface area contributed by atoms with Gasteiger partial charge in [-0.3, -0.25) is 4.90 Å². The molecule has 2 aromatic carbocycles. The van der Waals surface area contributed by atoms with Crippen LogP contribution in [0.4, 0.5) is 0 Å². The predicted octanol–water partition coefficient (Wildman–Crippen LogP) is 2.01. The average Bonchev–Trinajstić information content (AvgIpc) is 2.93. The van der Waals surface area contributed by atoms with Crippen LogP contribution < -0.4 is 21.7 Å². The molecule has 2 bridgehead atoms. The molecule has 196 valence electrons. The van der Waals surface area contributed by atoms with E-state index in [2.05, 4.69) is 24.0 Å². The SMILES string of the molecule is CC(C(=O)O[C@H]1C[N+]2(CCCOc3ccccc3)CCC1CC2)(c1ccccc1)N1CCCCC1.[Br-]. The summed E-state index contributed by atoms with van der Waals surface area (Å²) in [5.74, 6) is 1.38. The summed E-state index contributed by atoms with van der Waals surface area (Å²) in [4.78, 5) is 16.3. The fourth-order valence-corrected chi connectivity index (χ4v) is 6.56. The number of esters is 1. The molecular formula is C30H41BrN2O3. The number of ether oxygens (including phenoxy) is 2. The van der Waals surface area contributed by atoms with Crippen LogP contribution in [0.5, 0.6) is 5.75 Å². The molecular weight excluding hydrogens is 516 g/mol. The highest BCUT2D eigenvalue weighted by molar-refractivity contribution is 5.82. The number of para-hydroxylation sites is 1. The second-order valence-corrected chi connectivity index (χ2v) is 11.0. The molecule has 1 unspecified atom stereocenters. The molecule has 0 aromatic heterocycles. The number of rotatable bonds is 9. The first kappa shape index (κ1) is 27.2. The third-order valence-corrected chi connectivity index (χ3v) is 8.81. The predicted molar refractivity (Wildman–Crippen MR) is 138 cm³/mol. The van der Waals surface area contributed by atoms with Gasteiger partial charge in [-0.25, -0.2) is 4.79 Å². The Morgan fingerprint density at radius 1 is 0.972 bits per heavy atom. The van der Waals surface area contributed by atoms with Crippen molar-refractivity contribution in [2.24, 2.45) is 5.92 Å². The Kier molecular flexibility index (Phi) is 9.13. The first-order valence-corrected chi connectivity index (χ1v) is 13.6. The molecule has 6 rings (SSSR count). The van der Waals surface area contributed by atoms with Crippen molar-refractivity contribution in [3.8, 4) is 5.75 Å². The Hall–Kier alpha value is -1.89. The molecule has 0 aliphatic carbocycles. The fraction of sp³-hybridized carbons (Fsp3) is 0.567. The van der Waals surface area contributed by atoms with Gasteiger partial charge in [0.05, 0.1) is 26.2 Å². The third-order valence-electron chi connectivity index (χ3n) is 8.81. The average molecular weight is 558 g/mol. The number of carbonyl (C=O) groups excluding carboxylic acids is 1. The van der Waals surface area contributed by atoms with Crippen LogP contribution in [-0.4, -0.2) is 67.3 Å². The zero-order valence-corrected chi connectivity index (χ0v) is 23.2. The van der Waals surface area contributed by atoms with Crippen LogP contribution in [0.25, 0.3) is 0 Å². The summed E-state index contributed by atoms with van der Waals surface area (Å²) in [5, 5.41) is 0. The number of carbonyl (C=O) groups is 1. The van der Waals surface area contributed by atoms with E-state index in [0.29, 0.717) is 5.92 Å². The van der Waals surface area contributed by atoms with Gasteiger partial charge in [-0.1, -0.05) is 55.0 Å². The second-order valence-electron chi connectivity index (χ2n) is 11.0. The van der Waals surface area contributed by atoms with Crippen molar-refractivity contribution in [2.75, 3.05) is 45.9 Å². The van der Waals surface area contributed by atoms with E-state index in [4.69, 9.17) is 9.47 Å². The number of nitrogens with zero attached hydrogens (tertiary/aromatic N) is 2. The van der Waals surface area contributed by atoms with Crippen molar-refractivity contribution >= 4 is 5.97 Å². The molecule has 4 heterocycles. The van der Waals surface area contributed by atoms with Gasteiger partial charge in [0.25, 0.3) is 0 Å². The number of piperidine rings is 4. The van der Waals surface area contributed by atoms with E-state index in [1.165, 1.54) is 19.5 Å². The number of hydrogen-bond acceptors (Lipinski definition) is 4. The second kappa shape index (κ2) is 12.1. The van der Waals surface area contributed by atoms with Crippen molar-refractivity contribution in [2.45, 2.75) is 57.1 Å². The Morgan fingerprint density at radius 2 is 1.61 bits per heavy atom. The first-order valence-electron chi connectivity index (χ1n) is 13.6. The standard InChI is InChI=1S/C30H41N2O3.BrH/c1-30(26-12-5-2-6-13-26,31-18-9-4-10-19-31)29(33)35-28-24-32(21-16-25(28)17-22-32)20-11-23-34-27-14-7-3-8-15-27;/h2-3,5-8,12-15,25,28H,4,9-11,16-24H2,1H3;1H/q+1;/p-1/t25?,28-,30?,32?;/m0./s1. The van der Waals surface area contributed by atoms with Crippen LogP contribution in [0.3, 0.4) is 0 Å². The Morgan fingerprint density at radius 3 is 2.28 bits per heavy atom. The number of quaternary nitrogens is 1. The minimum atomic E-state index is -0.720. The van der Waals surface area contributed by atoms with Gasteiger partial charge < -0.3 is 30.9 Å². The van der Waals surface area contributed by atoms with Crippen LogP contribution in [0.15, 0.2) is 60.7 Å². The van der Waals surface area contributed by atoms with Gasteiger partial charge in [0.15, 0.2) is 6.10 Å². The smallest absolute Gasteiger partial charge is 0.331 e. The summed E-state index contributed by atoms with van der Waals surface area (Å²) in [7, 11) is 0. The normalized spacial score (nSPS) is 27.5. The molecule has 36 heavy (non-hydrogen) atoms. The van der Waals surface area contributed by atoms with Gasteiger partial charge in [-0.2, -0.15) is 0 Å². The number of likely N-dealkylation sites (tertiary alicyclic amines) is 1. The number of hydrogen-bond donors (Lipinski definition) is 0. The third kappa shape index (κ3) is 5.81. The number of fused-ring (bicyclic) bond motifs is 3. The highest BCUT2D eigenvalue weighted by atomic mass is 79.9. The maximum atomic E-state index is 13.9. The molecule has 0 saturated carbocycles. The number of halogens is 1. The van der Waals surface area contributed by atoms with Crippen molar-refractivity contribution in [3.05, 3.63) is 66.2 Å². The summed E-state index contributed by atoms with van der Waals surface area (Å²) in [5.41, 5.74) is 0.331. The quantitative estimate of drug-likeness (QED) is 0.269. The zero-order chi connectivity index (χ0) is 24.1. The molecule has 0 amide bonds. The van der Waals surface area contributed by atoms with E-state index in [0.717, 1.165) is 80.7 Å². The molecule has 0 N–H and O–H groups in total. The van der Waals surface area contributed by atoms with E-state index in [1.807, 2.05) is 48.5 Å². The molecule has 2 aromatic rings. The Balaban J connectivity index is 0.00000304. The molecule has 0 spiro atoms. The first-order chi connectivity index (χ1) is 17.1. The molecule has 6 heteroatoms. The van der Waals surface area contributed by atoms with Crippen LogP contribution in [0, 0.1) is 5.92 Å². The summed E-state index contributed by atoms with van der Waals surface area (Å²) in [6, 6.07) is 20.3. The van der Waals surface area contributed by atoms with E-state index in [-0.39, 0.29) is 29.1 Å². The van der Waals surface area contributed by atoms with Crippen molar-refractivity contribution in [3.63, 3.8) is 0 Å². The number of benzene rings is 2. The summed E-state index contributed by atoms with van der Waals surface area (Å²) < 4.78 is 13.5. The fourth-order valence-electron chi connectivity index (χ4n) is 6.56. The van der Waals surface area contributed by atoms with Crippen LogP contribution in [0.1, 0.15) is 51.0 Å². The summed E-state index contributed by atoms with van der Waals surface area (Å²) in [6.07, 6.45) is 6.89. The lowest BCUT2D eigenvalue weighted by Gasteiger charge is -2.52. The molecule has 4 aliphatic rings. The van der Waals surface area contributed by atoms with Gasteiger partial charge in [0.1, 0.15) is 17.8 Å². The van der Waals surface area contributed by atoms with Crippen molar-refractivity contribution in [1.29, 1.82) is 0 Å². The highest BCUT2D eigenvalue weighted by Crippen LogP contribution is 2.38. The maximum Gasteiger partial charge on any atom is 0.331 e. The van der Waals surface area contributed by atoms with Crippen LogP contribution in [0.2, 0.25) is 0 Å². The monoisotopic (exact) mass is 556 g/mol. The van der Waals surface area contributed by atoms with Gasteiger partial charge in [0, 0.05) is 25.2 Å². The van der Waals surface area contributed by atoms with Crippen molar-refractivity contribution < 1.29 is 35.7 Å². The Labute approximate surface area is 227 Å². The van der Waals surface area contributed by atoms with E-state index < -0.39 is 5.54 Å².